The molecule has 0 aliphatic carbocycles. The average Bonchev–Trinajstić information content (AvgIpc) is 2.83. The molecule has 0 atom stereocenters. The first-order valence-corrected chi connectivity index (χ1v) is 5.86. The molecule has 0 spiro atoms. The summed E-state index contributed by atoms with van der Waals surface area (Å²) < 4.78 is 53.1. The molecule has 0 saturated carbocycles. The van der Waals surface area contributed by atoms with E-state index in [-0.39, 0.29) is 5.75 Å². The summed E-state index contributed by atoms with van der Waals surface area (Å²) in [6, 6.07) is 9.30. The molecule has 0 fully saturated rings. The van der Waals surface area contributed by atoms with Crippen LogP contribution in [-0.4, -0.2) is 12.5 Å². The Morgan fingerprint density at radius 2 is 1.72 bits per heavy atom. The van der Waals surface area contributed by atoms with E-state index in [0.717, 1.165) is 10.4 Å². The number of hydrogen-bond acceptors (Lipinski definition) is 2. The third-order valence-corrected chi connectivity index (χ3v) is 3.09. The van der Waals surface area contributed by atoms with Crippen LogP contribution in [0.4, 0.5) is 17.6 Å². The molecule has 0 unspecified atom stereocenters. The van der Waals surface area contributed by atoms with Gasteiger partial charge >= 0.3 is 12.5 Å². The topological polar surface area (TPSA) is 9.23 Å². The van der Waals surface area contributed by atoms with E-state index in [1.807, 2.05) is 17.5 Å². The molecule has 0 aliphatic heterocycles. The lowest BCUT2D eigenvalue weighted by molar-refractivity contribution is -0.253. The maximum atomic E-state index is 12.6. The fourth-order valence-corrected chi connectivity index (χ4v) is 2.06. The Hall–Kier alpha value is -1.56. The molecule has 0 amide bonds. The van der Waals surface area contributed by atoms with Crippen molar-refractivity contribution in [2.75, 3.05) is 0 Å². The van der Waals surface area contributed by atoms with Crippen LogP contribution in [0.2, 0.25) is 0 Å². The summed E-state index contributed by atoms with van der Waals surface area (Å²) in [4.78, 5) is 0.960. The molecular weight excluding hydrogens is 268 g/mol. The number of halogens is 4. The molecule has 0 saturated heterocycles. The van der Waals surface area contributed by atoms with E-state index in [1.165, 1.54) is 23.5 Å². The smallest absolute Gasteiger partial charge is 0.428 e. The predicted octanol–water partition coefficient (Wildman–Crippen LogP) is 4.65. The van der Waals surface area contributed by atoms with Crippen molar-refractivity contribution in [1.82, 2.24) is 0 Å². The zero-order valence-electron chi connectivity index (χ0n) is 8.95. The summed E-state index contributed by atoms with van der Waals surface area (Å²) in [5, 5.41) is 1.88. The first-order valence-electron chi connectivity index (χ1n) is 4.98. The Balaban J connectivity index is 2.14. The van der Waals surface area contributed by atoms with Gasteiger partial charge in [-0.15, -0.1) is 11.3 Å². The third kappa shape index (κ3) is 2.81. The summed E-state index contributed by atoms with van der Waals surface area (Å²) in [5.41, 5.74) is 0.817. The minimum Gasteiger partial charge on any atom is -0.428 e. The summed E-state index contributed by atoms with van der Waals surface area (Å²) in [6.45, 7) is 0. The second-order valence-electron chi connectivity index (χ2n) is 3.47. The van der Waals surface area contributed by atoms with Crippen molar-refractivity contribution in [2.45, 2.75) is 12.5 Å². The third-order valence-electron chi connectivity index (χ3n) is 2.17. The highest BCUT2D eigenvalue weighted by atomic mass is 32.1. The highest BCUT2D eigenvalue weighted by molar-refractivity contribution is 7.13. The first-order chi connectivity index (χ1) is 8.49. The van der Waals surface area contributed by atoms with Crippen LogP contribution in [0.3, 0.4) is 0 Å². The molecular formula is C12H8F4OS. The van der Waals surface area contributed by atoms with E-state index >= 15 is 0 Å². The Kier molecular flexibility index (Phi) is 3.56. The van der Waals surface area contributed by atoms with E-state index in [2.05, 4.69) is 4.74 Å². The van der Waals surface area contributed by atoms with Crippen LogP contribution in [0.5, 0.6) is 5.75 Å². The SMILES string of the molecule is FC(F)C(F)(F)Oc1ccc(-c2cccs2)cc1. The molecule has 18 heavy (non-hydrogen) atoms. The van der Waals surface area contributed by atoms with Crippen molar-refractivity contribution >= 4 is 11.3 Å². The molecule has 0 N–H and O–H groups in total. The van der Waals surface area contributed by atoms with Gasteiger partial charge in [0, 0.05) is 4.88 Å². The second kappa shape index (κ2) is 4.97. The molecule has 1 aromatic carbocycles. The van der Waals surface area contributed by atoms with Crippen LogP contribution in [-0.2, 0) is 0 Å². The maximum Gasteiger partial charge on any atom is 0.461 e. The molecule has 1 heterocycles. The summed E-state index contributed by atoms with van der Waals surface area (Å²) in [6.07, 6.45) is -8.32. The quantitative estimate of drug-likeness (QED) is 0.738. The van der Waals surface area contributed by atoms with E-state index in [4.69, 9.17) is 0 Å². The van der Waals surface area contributed by atoms with E-state index in [0.29, 0.717) is 0 Å². The molecule has 96 valence electrons. The largest absolute Gasteiger partial charge is 0.461 e. The summed E-state index contributed by atoms with van der Waals surface area (Å²) in [5.74, 6) is -0.291. The molecule has 0 aliphatic rings. The van der Waals surface area contributed by atoms with Gasteiger partial charge < -0.3 is 4.74 Å². The Labute approximate surface area is 105 Å². The fraction of sp³-hybridized carbons (Fsp3) is 0.167. The van der Waals surface area contributed by atoms with Crippen molar-refractivity contribution in [3.63, 3.8) is 0 Å². The molecule has 1 nitrogen and oxygen atoms in total. The number of hydrogen-bond donors (Lipinski definition) is 0. The monoisotopic (exact) mass is 276 g/mol. The number of benzene rings is 1. The molecule has 0 radical (unpaired) electrons. The van der Waals surface area contributed by atoms with Gasteiger partial charge in [0.15, 0.2) is 0 Å². The highest BCUT2D eigenvalue weighted by Gasteiger charge is 2.43. The maximum absolute atomic E-state index is 12.6. The number of alkyl halides is 4. The van der Waals surface area contributed by atoms with Gasteiger partial charge in [-0.05, 0) is 41.3 Å². The van der Waals surface area contributed by atoms with Gasteiger partial charge in [-0.3, -0.25) is 0 Å². The lowest BCUT2D eigenvalue weighted by atomic mass is 10.2. The average molecular weight is 276 g/mol. The van der Waals surface area contributed by atoms with Gasteiger partial charge in [0.25, 0.3) is 0 Å². The van der Waals surface area contributed by atoms with Crippen LogP contribution >= 0.6 is 11.3 Å². The lowest BCUT2D eigenvalue weighted by Crippen LogP contribution is -2.33. The molecule has 2 aromatic rings. The summed E-state index contributed by atoms with van der Waals surface area (Å²) in [7, 11) is 0. The normalized spacial score (nSPS) is 11.8. The Morgan fingerprint density at radius 1 is 1.06 bits per heavy atom. The van der Waals surface area contributed by atoms with Crippen molar-refractivity contribution in [1.29, 1.82) is 0 Å². The number of ether oxygens (including phenoxy) is 1. The molecule has 2 rings (SSSR count). The van der Waals surface area contributed by atoms with Crippen molar-refractivity contribution in [2.24, 2.45) is 0 Å². The lowest BCUT2D eigenvalue weighted by Gasteiger charge is -2.16. The van der Waals surface area contributed by atoms with E-state index in [1.54, 1.807) is 12.1 Å². The number of rotatable bonds is 4. The van der Waals surface area contributed by atoms with Crippen LogP contribution in [0.25, 0.3) is 10.4 Å². The van der Waals surface area contributed by atoms with Gasteiger partial charge in [-0.1, -0.05) is 6.07 Å². The van der Waals surface area contributed by atoms with Gasteiger partial charge in [-0.25, -0.2) is 0 Å². The Bertz CT molecular complexity index is 493. The van der Waals surface area contributed by atoms with Gasteiger partial charge in [0.2, 0.25) is 0 Å². The zero-order chi connectivity index (χ0) is 13.2. The minimum absolute atomic E-state index is 0.291. The van der Waals surface area contributed by atoms with Gasteiger partial charge in [-0.2, -0.15) is 17.6 Å². The summed E-state index contributed by atoms with van der Waals surface area (Å²) >= 11 is 1.49. The first kappa shape index (κ1) is 12.9. The second-order valence-corrected chi connectivity index (χ2v) is 4.41. The number of thiophene rings is 1. The van der Waals surface area contributed by atoms with Crippen molar-refractivity contribution < 1.29 is 22.3 Å². The van der Waals surface area contributed by atoms with Crippen LogP contribution in [0, 0.1) is 0 Å². The van der Waals surface area contributed by atoms with Crippen LogP contribution in [0.1, 0.15) is 0 Å². The van der Waals surface area contributed by atoms with Gasteiger partial charge in [0.05, 0.1) is 0 Å². The minimum atomic E-state index is -4.47. The Morgan fingerprint density at radius 3 is 2.22 bits per heavy atom. The van der Waals surface area contributed by atoms with Crippen LogP contribution in [0.15, 0.2) is 41.8 Å². The predicted molar refractivity (Wildman–Crippen MR) is 61.3 cm³/mol. The highest BCUT2D eigenvalue weighted by Crippen LogP contribution is 2.30. The zero-order valence-corrected chi connectivity index (χ0v) is 9.76. The van der Waals surface area contributed by atoms with Crippen molar-refractivity contribution in [3.8, 4) is 16.2 Å². The fourth-order valence-electron chi connectivity index (χ4n) is 1.33. The molecule has 0 bridgehead atoms. The van der Waals surface area contributed by atoms with Crippen molar-refractivity contribution in [3.05, 3.63) is 41.8 Å². The van der Waals surface area contributed by atoms with E-state index < -0.39 is 12.5 Å². The molecule has 1 aromatic heterocycles. The molecule has 6 heteroatoms. The van der Waals surface area contributed by atoms with Crippen LogP contribution < -0.4 is 4.74 Å². The van der Waals surface area contributed by atoms with Gasteiger partial charge in [0.1, 0.15) is 5.75 Å². The standard InChI is InChI=1S/C12H8F4OS/c13-11(14)12(15,16)17-9-5-3-8(4-6-9)10-2-1-7-18-10/h1-7,11H. The van der Waals surface area contributed by atoms with E-state index in [9.17, 15) is 17.6 Å².